The molecule has 18 heteroatoms. The number of rotatable bonds is 18. The van der Waals surface area contributed by atoms with E-state index in [0.29, 0.717) is 12.1 Å². The molecule has 1 rings (SSSR count). The number of nitrogens with one attached hydrogen (secondary N) is 4. The highest BCUT2D eigenvalue weighted by atomic mass is 16.4. The molecule has 1 heterocycles. The molecular formula is C21H38N12O6. The zero-order chi connectivity index (χ0) is 29.4. The van der Waals surface area contributed by atoms with Crippen molar-refractivity contribution < 1.29 is 29.4 Å². The van der Waals surface area contributed by atoms with E-state index in [1.165, 1.54) is 12.5 Å². The normalized spacial score (nSPS) is 13.7. The summed E-state index contributed by atoms with van der Waals surface area (Å²) >= 11 is 0. The lowest BCUT2D eigenvalue weighted by atomic mass is 10.1. The van der Waals surface area contributed by atoms with Gasteiger partial charge in [0.05, 0.1) is 19.0 Å². The highest BCUT2D eigenvalue weighted by Crippen LogP contribution is 2.05. The van der Waals surface area contributed by atoms with Crippen molar-refractivity contribution in [1.82, 2.24) is 25.9 Å². The molecule has 39 heavy (non-hydrogen) atoms. The van der Waals surface area contributed by atoms with E-state index in [2.05, 4.69) is 35.9 Å². The van der Waals surface area contributed by atoms with Gasteiger partial charge in [-0.3, -0.25) is 24.4 Å². The van der Waals surface area contributed by atoms with Gasteiger partial charge >= 0.3 is 5.97 Å². The van der Waals surface area contributed by atoms with Crippen LogP contribution in [0.4, 0.5) is 0 Å². The number of amides is 3. The van der Waals surface area contributed by atoms with Gasteiger partial charge in [0.2, 0.25) is 17.7 Å². The summed E-state index contributed by atoms with van der Waals surface area (Å²) in [6.07, 6.45) is 3.70. The third-order valence-electron chi connectivity index (χ3n) is 5.29. The molecule has 0 bridgehead atoms. The van der Waals surface area contributed by atoms with Gasteiger partial charge in [0.1, 0.15) is 18.1 Å². The van der Waals surface area contributed by atoms with Crippen LogP contribution < -0.4 is 44.6 Å². The number of guanidine groups is 2. The predicted octanol–water partition coefficient (Wildman–Crippen LogP) is -5.08. The van der Waals surface area contributed by atoms with Gasteiger partial charge in [0.25, 0.3) is 0 Å². The fraction of sp³-hybridized carbons (Fsp3) is 0.571. The van der Waals surface area contributed by atoms with E-state index in [-0.39, 0.29) is 50.7 Å². The maximum atomic E-state index is 13.2. The minimum Gasteiger partial charge on any atom is -0.480 e. The number of carbonyl (C=O) groups excluding carboxylic acids is 3. The number of aliphatic hydroxyl groups is 1. The van der Waals surface area contributed by atoms with Gasteiger partial charge in [-0.05, 0) is 25.7 Å². The van der Waals surface area contributed by atoms with Crippen molar-refractivity contribution in [3.8, 4) is 0 Å². The molecule has 218 valence electrons. The molecule has 0 radical (unpaired) electrons. The number of carbonyl (C=O) groups is 4. The third kappa shape index (κ3) is 13.1. The first-order chi connectivity index (χ1) is 18.4. The summed E-state index contributed by atoms with van der Waals surface area (Å²) in [6.45, 7) is -0.569. The monoisotopic (exact) mass is 554 g/mol. The molecule has 16 N–H and O–H groups in total. The van der Waals surface area contributed by atoms with E-state index >= 15 is 0 Å². The molecule has 3 amide bonds. The van der Waals surface area contributed by atoms with Gasteiger partial charge in [-0.2, -0.15) is 0 Å². The Balaban J connectivity index is 3.02. The first-order valence-corrected chi connectivity index (χ1v) is 12.0. The summed E-state index contributed by atoms with van der Waals surface area (Å²) in [5, 5.41) is 25.7. The molecule has 1 aromatic rings. The summed E-state index contributed by atoms with van der Waals surface area (Å²) in [6, 6.07) is -4.99. The van der Waals surface area contributed by atoms with E-state index in [0.717, 1.165) is 0 Å². The number of nitrogens with two attached hydrogens (primary N) is 5. The fourth-order valence-electron chi connectivity index (χ4n) is 3.28. The molecule has 0 aliphatic carbocycles. The first kappa shape index (κ1) is 32.6. The Bertz CT molecular complexity index is 992. The van der Waals surface area contributed by atoms with Crippen molar-refractivity contribution in [3.05, 3.63) is 18.2 Å². The standard InChI is InChI=1S/C21H38N12O6/c22-12(7-11-8-27-10-30-11)16(35)31-13(3-1-5-28-20(23)24)17(36)32-14(4-2-6-29-21(25)26)18(37)33-15(9-34)19(38)39/h8,10,12-15,34H,1-7,9,22H2,(H,27,30)(H,31,35)(H,32,36)(H,33,37)(H,38,39)(H4,23,24,28)(H4,25,26,29). The van der Waals surface area contributed by atoms with Gasteiger partial charge < -0.3 is 59.8 Å². The average molecular weight is 555 g/mol. The fourth-order valence-corrected chi connectivity index (χ4v) is 3.28. The third-order valence-corrected chi connectivity index (χ3v) is 5.29. The molecule has 0 fully saturated rings. The maximum Gasteiger partial charge on any atom is 0.328 e. The number of nitrogens with zero attached hydrogens (tertiary/aromatic N) is 3. The largest absolute Gasteiger partial charge is 0.480 e. The number of imidazole rings is 1. The number of carboxylic acids is 1. The molecule has 0 aliphatic heterocycles. The highest BCUT2D eigenvalue weighted by molar-refractivity contribution is 5.94. The number of carboxylic acid groups (broad SMARTS) is 1. The highest BCUT2D eigenvalue weighted by Gasteiger charge is 2.30. The summed E-state index contributed by atoms with van der Waals surface area (Å²) in [4.78, 5) is 64.4. The molecule has 4 atom stereocenters. The van der Waals surface area contributed by atoms with Crippen LogP contribution in [0, 0.1) is 0 Å². The van der Waals surface area contributed by atoms with E-state index < -0.39 is 54.5 Å². The maximum absolute atomic E-state index is 13.2. The molecule has 0 aliphatic rings. The average Bonchev–Trinajstić information content (AvgIpc) is 3.38. The van der Waals surface area contributed by atoms with Crippen LogP contribution >= 0.6 is 0 Å². The lowest BCUT2D eigenvalue weighted by Crippen LogP contribution is -2.57. The van der Waals surface area contributed by atoms with Crippen molar-refractivity contribution >= 4 is 35.6 Å². The molecule has 18 nitrogen and oxygen atoms in total. The van der Waals surface area contributed by atoms with Crippen LogP contribution in [0.3, 0.4) is 0 Å². The Morgan fingerprint density at radius 1 is 0.872 bits per heavy atom. The zero-order valence-corrected chi connectivity index (χ0v) is 21.4. The molecule has 0 aromatic carbocycles. The van der Waals surface area contributed by atoms with Crippen LogP contribution in [0.5, 0.6) is 0 Å². The number of hydrogen-bond donors (Lipinski definition) is 11. The Labute approximate surface area is 224 Å². The van der Waals surface area contributed by atoms with E-state index in [4.69, 9.17) is 33.8 Å². The lowest BCUT2D eigenvalue weighted by Gasteiger charge is -2.25. The molecule has 0 spiro atoms. The van der Waals surface area contributed by atoms with Gasteiger partial charge in [-0.25, -0.2) is 9.78 Å². The van der Waals surface area contributed by atoms with Gasteiger partial charge in [-0.15, -0.1) is 0 Å². The van der Waals surface area contributed by atoms with E-state index in [1.54, 1.807) is 0 Å². The van der Waals surface area contributed by atoms with Crippen molar-refractivity contribution in [1.29, 1.82) is 0 Å². The minimum atomic E-state index is -1.59. The van der Waals surface area contributed by atoms with E-state index in [9.17, 15) is 24.3 Å². The van der Waals surface area contributed by atoms with Crippen LogP contribution in [0.1, 0.15) is 31.4 Å². The van der Waals surface area contributed by atoms with Crippen molar-refractivity contribution in [2.75, 3.05) is 19.7 Å². The molecule has 0 saturated carbocycles. The molecule has 1 aromatic heterocycles. The van der Waals surface area contributed by atoms with Crippen molar-refractivity contribution in [2.45, 2.75) is 56.3 Å². The Kier molecular flexibility index (Phi) is 14.3. The van der Waals surface area contributed by atoms with Gasteiger partial charge in [0.15, 0.2) is 11.9 Å². The van der Waals surface area contributed by atoms with Crippen LogP contribution in [0.15, 0.2) is 22.5 Å². The lowest BCUT2D eigenvalue weighted by molar-refractivity contribution is -0.143. The van der Waals surface area contributed by atoms with Crippen molar-refractivity contribution in [2.24, 2.45) is 38.7 Å². The minimum absolute atomic E-state index is 0.0140. The van der Waals surface area contributed by atoms with E-state index in [1.807, 2.05) is 0 Å². The second-order valence-corrected chi connectivity index (χ2v) is 8.49. The quantitative estimate of drug-likeness (QED) is 0.0461. The number of aliphatic imine (C=N–C) groups is 2. The Morgan fingerprint density at radius 2 is 1.36 bits per heavy atom. The Hall–Kier alpha value is -4.45. The number of H-pyrrole nitrogens is 1. The second kappa shape index (κ2) is 17.1. The summed E-state index contributed by atoms with van der Waals surface area (Å²) in [5.74, 6) is -4.01. The molecule has 0 saturated heterocycles. The Morgan fingerprint density at radius 3 is 1.77 bits per heavy atom. The molecule has 4 unspecified atom stereocenters. The van der Waals surface area contributed by atoms with Crippen LogP contribution in [-0.4, -0.2) is 99.7 Å². The first-order valence-electron chi connectivity index (χ1n) is 12.0. The smallest absolute Gasteiger partial charge is 0.328 e. The summed E-state index contributed by atoms with van der Waals surface area (Å²) in [5.41, 5.74) is 27.9. The second-order valence-electron chi connectivity index (χ2n) is 8.49. The summed E-state index contributed by atoms with van der Waals surface area (Å²) < 4.78 is 0. The van der Waals surface area contributed by atoms with Crippen LogP contribution in [-0.2, 0) is 25.6 Å². The van der Waals surface area contributed by atoms with Crippen LogP contribution in [0.25, 0.3) is 0 Å². The number of aliphatic hydroxyl groups excluding tert-OH is 1. The topological polar surface area (TPSA) is 328 Å². The van der Waals surface area contributed by atoms with Crippen LogP contribution in [0.2, 0.25) is 0 Å². The summed E-state index contributed by atoms with van der Waals surface area (Å²) in [7, 11) is 0. The van der Waals surface area contributed by atoms with Crippen molar-refractivity contribution in [3.63, 3.8) is 0 Å². The number of aromatic amines is 1. The number of aromatic nitrogens is 2. The molecular weight excluding hydrogens is 516 g/mol. The predicted molar refractivity (Wildman–Crippen MR) is 141 cm³/mol. The van der Waals surface area contributed by atoms with Gasteiger partial charge in [-0.1, -0.05) is 0 Å². The number of hydrogen-bond acceptors (Lipinski definition) is 9. The zero-order valence-electron chi connectivity index (χ0n) is 21.4. The SMILES string of the molecule is NC(N)=NCCCC(NC(=O)C(N)Cc1cnc[nH]1)C(=O)NC(CCCN=C(N)N)C(=O)NC(CO)C(=O)O. The van der Waals surface area contributed by atoms with Gasteiger partial charge in [0, 0.05) is 31.4 Å². The number of aliphatic carboxylic acids is 1.